The molecule has 0 spiro atoms. The van der Waals surface area contributed by atoms with Gasteiger partial charge in [-0.3, -0.25) is 4.98 Å². The number of nitrogens with one attached hydrogen (secondary N) is 1. The number of nitrogens with zero attached hydrogens (tertiary/aromatic N) is 2. The van der Waals surface area contributed by atoms with E-state index in [-0.39, 0.29) is 6.04 Å². The predicted octanol–water partition coefficient (Wildman–Crippen LogP) is 4.50. The van der Waals surface area contributed by atoms with Crippen LogP contribution in [0.5, 0.6) is 0 Å². The normalized spacial score (nSPS) is 15.9. The van der Waals surface area contributed by atoms with Gasteiger partial charge in [0.1, 0.15) is 0 Å². The largest absolute Gasteiger partial charge is 0.375 e. The molecule has 0 atom stereocenters. The molecule has 1 fully saturated rings. The molecule has 0 aliphatic carbocycles. The summed E-state index contributed by atoms with van der Waals surface area (Å²) in [5.41, 5.74) is 0.974. The number of piperidine rings is 1. The van der Waals surface area contributed by atoms with Gasteiger partial charge in [-0.25, -0.2) is 8.42 Å². The molecule has 1 saturated heterocycles. The van der Waals surface area contributed by atoms with E-state index in [0.29, 0.717) is 53.2 Å². The number of halogens is 2. The van der Waals surface area contributed by atoms with Gasteiger partial charge in [0.25, 0.3) is 0 Å². The van der Waals surface area contributed by atoms with Gasteiger partial charge in [0.2, 0.25) is 10.0 Å². The minimum absolute atomic E-state index is 0.270. The third-order valence-corrected chi connectivity index (χ3v) is 8.34. The number of ether oxygens (including phenoxy) is 1. The first-order valence-electron chi connectivity index (χ1n) is 10.5. The van der Waals surface area contributed by atoms with Crippen molar-refractivity contribution >= 4 is 44.0 Å². The number of hydrogen-bond acceptors (Lipinski definition) is 5. The van der Waals surface area contributed by atoms with Crippen LogP contribution in [0.3, 0.4) is 0 Å². The number of hydrogen-bond donors (Lipinski definition) is 1. The van der Waals surface area contributed by atoms with Crippen LogP contribution in [0.15, 0.2) is 59.8 Å². The van der Waals surface area contributed by atoms with Crippen molar-refractivity contribution in [1.29, 1.82) is 0 Å². The molecule has 0 radical (unpaired) electrons. The van der Waals surface area contributed by atoms with Crippen LogP contribution < -0.4 is 5.32 Å². The highest BCUT2D eigenvalue weighted by molar-refractivity contribution is 7.89. The van der Waals surface area contributed by atoms with Crippen molar-refractivity contribution in [3.8, 4) is 0 Å². The molecule has 1 aliphatic heterocycles. The Hall–Kier alpha value is -1.74. The molecule has 0 amide bonds. The number of pyridine rings is 1. The van der Waals surface area contributed by atoms with E-state index in [0.717, 1.165) is 23.8 Å². The number of fused-ring (bicyclic) bond motifs is 1. The molecule has 0 saturated carbocycles. The molecule has 1 aliphatic rings. The summed E-state index contributed by atoms with van der Waals surface area (Å²) < 4.78 is 33.8. The summed E-state index contributed by atoms with van der Waals surface area (Å²) in [5.74, 6) is 0. The first-order valence-corrected chi connectivity index (χ1v) is 12.7. The Bertz CT molecular complexity index is 1180. The first-order chi connectivity index (χ1) is 15.4. The lowest BCUT2D eigenvalue weighted by atomic mass is 10.1. The zero-order valence-electron chi connectivity index (χ0n) is 17.5. The second-order valence-corrected chi connectivity index (χ2v) is 10.5. The average Bonchev–Trinajstić information content (AvgIpc) is 2.81. The van der Waals surface area contributed by atoms with Gasteiger partial charge in [0.05, 0.1) is 28.2 Å². The molecular formula is C23H25Cl2N3O3S. The van der Waals surface area contributed by atoms with E-state index >= 15 is 0 Å². The molecule has 1 aromatic heterocycles. The Morgan fingerprint density at radius 3 is 2.69 bits per heavy atom. The second-order valence-electron chi connectivity index (χ2n) is 7.79. The molecule has 32 heavy (non-hydrogen) atoms. The van der Waals surface area contributed by atoms with Crippen molar-refractivity contribution < 1.29 is 13.2 Å². The number of benzene rings is 2. The zero-order chi connectivity index (χ0) is 22.6. The monoisotopic (exact) mass is 493 g/mol. The van der Waals surface area contributed by atoms with Crippen LogP contribution in [0.1, 0.15) is 18.4 Å². The van der Waals surface area contributed by atoms with Gasteiger partial charge in [0, 0.05) is 48.8 Å². The second kappa shape index (κ2) is 10.5. The van der Waals surface area contributed by atoms with Crippen molar-refractivity contribution in [2.24, 2.45) is 0 Å². The maximum Gasteiger partial charge on any atom is 0.243 e. The average molecular weight is 494 g/mol. The summed E-state index contributed by atoms with van der Waals surface area (Å²) in [6, 6.07) is 12.8. The minimum atomic E-state index is -3.55. The standard InChI is InChI=1S/C23H25Cl2N3O3S/c24-21-5-4-17(14-22(21)25)16-31-13-10-27-19-7-11-28(12-8-19)32(29,30)23-3-1-2-18-15-26-9-6-20(18)23/h1-6,9,14-15,19,27H,7-8,10-13,16H2. The van der Waals surface area contributed by atoms with Crippen LogP contribution in [-0.2, 0) is 21.4 Å². The lowest BCUT2D eigenvalue weighted by molar-refractivity contribution is 0.118. The molecule has 170 valence electrons. The molecule has 9 heteroatoms. The van der Waals surface area contributed by atoms with Crippen LogP contribution in [0.2, 0.25) is 10.0 Å². The molecule has 0 unspecified atom stereocenters. The van der Waals surface area contributed by atoms with Crippen LogP contribution in [0, 0.1) is 0 Å². The van der Waals surface area contributed by atoms with Gasteiger partial charge in [-0.1, -0.05) is 41.4 Å². The third-order valence-electron chi connectivity index (χ3n) is 5.64. The smallest absolute Gasteiger partial charge is 0.243 e. The van der Waals surface area contributed by atoms with E-state index in [1.807, 2.05) is 12.1 Å². The quantitative estimate of drug-likeness (QED) is 0.467. The van der Waals surface area contributed by atoms with Crippen LogP contribution in [-0.4, -0.2) is 50.0 Å². The van der Waals surface area contributed by atoms with E-state index in [9.17, 15) is 8.42 Å². The molecule has 4 rings (SSSR count). The van der Waals surface area contributed by atoms with E-state index in [4.69, 9.17) is 27.9 Å². The van der Waals surface area contributed by atoms with Gasteiger partial charge in [-0.2, -0.15) is 4.31 Å². The van der Waals surface area contributed by atoms with Crippen LogP contribution in [0.4, 0.5) is 0 Å². The summed E-state index contributed by atoms with van der Waals surface area (Å²) >= 11 is 11.9. The maximum absolute atomic E-state index is 13.2. The zero-order valence-corrected chi connectivity index (χ0v) is 19.8. The number of sulfonamides is 1. The fraction of sp³-hybridized carbons (Fsp3) is 0.348. The fourth-order valence-electron chi connectivity index (χ4n) is 3.91. The summed E-state index contributed by atoms with van der Waals surface area (Å²) in [6.45, 7) is 2.71. The van der Waals surface area contributed by atoms with Crippen LogP contribution in [0.25, 0.3) is 10.8 Å². The molecular weight excluding hydrogens is 469 g/mol. The summed E-state index contributed by atoms with van der Waals surface area (Å²) in [6.07, 6.45) is 4.84. The molecule has 2 heterocycles. The first kappa shape index (κ1) is 23.4. The lowest BCUT2D eigenvalue weighted by Gasteiger charge is -2.32. The predicted molar refractivity (Wildman–Crippen MR) is 128 cm³/mol. The van der Waals surface area contributed by atoms with E-state index < -0.39 is 10.0 Å². The van der Waals surface area contributed by atoms with Gasteiger partial charge in [-0.05, 0) is 42.7 Å². The van der Waals surface area contributed by atoms with Crippen molar-refractivity contribution in [1.82, 2.24) is 14.6 Å². The SMILES string of the molecule is O=S(=O)(c1cccc2cnccc12)N1CCC(NCCOCc2ccc(Cl)c(Cl)c2)CC1. The van der Waals surface area contributed by atoms with Crippen molar-refractivity contribution in [2.45, 2.75) is 30.4 Å². The maximum atomic E-state index is 13.2. The van der Waals surface area contributed by atoms with Crippen molar-refractivity contribution in [3.63, 3.8) is 0 Å². The Morgan fingerprint density at radius 1 is 1.09 bits per heavy atom. The van der Waals surface area contributed by atoms with Gasteiger partial charge < -0.3 is 10.1 Å². The third kappa shape index (κ3) is 5.42. The minimum Gasteiger partial charge on any atom is -0.375 e. The highest BCUT2D eigenvalue weighted by Crippen LogP contribution is 2.27. The molecule has 1 N–H and O–H groups in total. The molecule has 6 nitrogen and oxygen atoms in total. The molecule has 2 aromatic carbocycles. The highest BCUT2D eigenvalue weighted by Gasteiger charge is 2.30. The molecule has 3 aromatic rings. The highest BCUT2D eigenvalue weighted by atomic mass is 35.5. The van der Waals surface area contributed by atoms with Crippen LogP contribution >= 0.6 is 23.2 Å². The Kier molecular flexibility index (Phi) is 7.66. The Morgan fingerprint density at radius 2 is 1.91 bits per heavy atom. The summed E-state index contributed by atoms with van der Waals surface area (Å²) in [5, 5.41) is 6.05. The Labute approximate surface area is 198 Å². The summed E-state index contributed by atoms with van der Waals surface area (Å²) in [4.78, 5) is 4.43. The van der Waals surface area contributed by atoms with E-state index in [2.05, 4.69) is 10.3 Å². The topological polar surface area (TPSA) is 71.5 Å². The van der Waals surface area contributed by atoms with E-state index in [1.165, 1.54) is 0 Å². The Balaban J connectivity index is 1.24. The van der Waals surface area contributed by atoms with Gasteiger partial charge >= 0.3 is 0 Å². The lowest BCUT2D eigenvalue weighted by Crippen LogP contribution is -2.45. The van der Waals surface area contributed by atoms with Crippen molar-refractivity contribution in [3.05, 3.63) is 70.5 Å². The van der Waals surface area contributed by atoms with Gasteiger partial charge in [-0.15, -0.1) is 0 Å². The molecule has 0 bridgehead atoms. The van der Waals surface area contributed by atoms with Crippen molar-refractivity contribution in [2.75, 3.05) is 26.2 Å². The number of rotatable bonds is 8. The number of aromatic nitrogens is 1. The van der Waals surface area contributed by atoms with Gasteiger partial charge in [0.15, 0.2) is 0 Å². The fourth-order valence-corrected chi connectivity index (χ4v) is 5.92. The summed E-state index contributed by atoms with van der Waals surface area (Å²) in [7, 11) is -3.55. The van der Waals surface area contributed by atoms with E-state index in [1.54, 1.807) is 47.0 Å².